The van der Waals surface area contributed by atoms with Crippen LogP contribution in [0.1, 0.15) is 59.1 Å². The summed E-state index contributed by atoms with van der Waals surface area (Å²) in [5.41, 5.74) is 2.72. The molecule has 0 atom stereocenters. The van der Waals surface area contributed by atoms with Crippen LogP contribution in [0.5, 0.6) is 0 Å². The summed E-state index contributed by atoms with van der Waals surface area (Å²) in [5, 5.41) is 2.42. The zero-order valence-corrected chi connectivity index (χ0v) is 15.6. The predicted octanol–water partition coefficient (Wildman–Crippen LogP) is 2.93. The standard InChI is InChI=1S/C20H29BO2/c1-9-12-15-13-14(4)16(10-2)18(17(15)11-3)21-22-19(5,6)20(7,8)23-21/h10-13H,2,9H2,1,3-8H3. The van der Waals surface area contributed by atoms with Crippen molar-refractivity contribution in [2.75, 3.05) is 0 Å². The molecule has 0 N–H and O–H groups in total. The zero-order valence-electron chi connectivity index (χ0n) is 15.6. The second kappa shape index (κ2) is 6.29. The first-order chi connectivity index (χ1) is 10.7. The van der Waals surface area contributed by atoms with Crippen LogP contribution in [0.4, 0.5) is 0 Å². The summed E-state index contributed by atoms with van der Waals surface area (Å²) >= 11 is 0. The van der Waals surface area contributed by atoms with E-state index >= 15 is 0 Å². The molecule has 0 aliphatic carbocycles. The van der Waals surface area contributed by atoms with Crippen LogP contribution in [0, 0.1) is 6.92 Å². The SMILES string of the molecule is C=Cc1c(C)cc(=CCC)c(=CC)c1B1OC(C)(C)C(C)(C)O1. The monoisotopic (exact) mass is 312 g/mol. The Kier molecular flexibility index (Phi) is 4.93. The minimum absolute atomic E-state index is 0.348. The summed E-state index contributed by atoms with van der Waals surface area (Å²) < 4.78 is 12.6. The highest BCUT2D eigenvalue weighted by Gasteiger charge is 2.52. The molecule has 0 amide bonds. The molecule has 0 unspecified atom stereocenters. The summed E-state index contributed by atoms with van der Waals surface area (Å²) in [4.78, 5) is 0. The molecule has 0 aromatic heterocycles. The van der Waals surface area contributed by atoms with Gasteiger partial charge in [-0.25, -0.2) is 0 Å². The van der Waals surface area contributed by atoms with Crippen LogP contribution in [0.25, 0.3) is 18.2 Å². The van der Waals surface area contributed by atoms with Crippen molar-refractivity contribution in [3.05, 3.63) is 34.2 Å². The number of hydrogen-bond acceptors (Lipinski definition) is 2. The molecule has 0 radical (unpaired) electrons. The fourth-order valence-electron chi connectivity index (χ4n) is 3.10. The van der Waals surface area contributed by atoms with Crippen molar-refractivity contribution in [3.8, 4) is 0 Å². The van der Waals surface area contributed by atoms with E-state index in [2.05, 4.69) is 73.3 Å². The van der Waals surface area contributed by atoms with Gasteiger partial charge in [0.25, 0.3) is 0 Å². The highest BCUT2D eigenvalue weighted by Crippen LogP contribution is 2.36. The minimum atomic E-state index is -0.372. The molecule has 1 saturated heterocycles. The Bertz CT molecular complexity index is 713. The lowest BCUT2D eigenvalue weighted by atomic mass is 9.72. The molecule has 3 heteroatoms. The van der Waals surface area contributed by atoms with Crippen LogP contribution >= 0.6 is 0 Å². The lowest BCUT2D eigenvalue weighted by Crippen LogP contribution is -2.51. The van der Waals surface area contributed by atoms with Crippen molar-refractivity contribution in [1.29, 1.82) is 0 Å². The van der Waals surface area contributed by atoms with Gasteiger partial charge in [0.1, 0.15) is 0 Å². The van der Waals surface area contributed by atoms with E-state index in [-0.39, 0.29) is 18.3 Å². The van der Waals surface area contributed by atoms with Crippen LogP contribution in [-0.4, -0.2) is 18.3 Å². The number of benzene rings is 1. The molecule has 1 aliphatic heterocycles. The third kappa shape index (κ3) is 3.05. The smallest absolute Gasteiger partial charge is 0.399 e. The molecular formula is C20H29BO2. The maximum atomic E-state index is 6.32. The maximum absolute atomic E-state index is 6.32. The molecule has 2 rings (SSSR count). The highest BCUT2D eigenvalue weighted by atomic mass is 16.7. The Morgan fingerprint density at radius 2 is 1.74 bits per heavy atom. The summed E-state index contributed by atoms with van der Waals surface area (Å²) in [6.07, 6.45) is 7.31. The molecule has 124 valence electrons. The zero-order chi connectivity index (χ0) is 17.4. The van der Waals surface area contributed by atoms with Crippen LogP contribution < -0.4 is 15.9 Å². The number of aryl methyl sites for hydroxylation is 1. The van der Waals surface area contributed by atoms with Gasteiger partial charge < -0.3 is 9.31 Å². The Hall–Kier alpha value is -1.32. The largest absolute Gasteiger partial charge is 0.496 e. The third-order valence-electron chi connectivity index (χ3n) is 5.09. The maximum Gasteiger partial charge on any atom is 0.496 e. The Balaban J connectivity index is 2.77. The van der Waals surface area contributed by atoms with Gasteiger partial charge in [-0.15, -0.1) is 0 Å². The molecular weight excluding hydrogens is 283 g/mol. The molecule has 1 heterocycles. The molecule has 1 aromatic rings. The van der Waals surface area contributed by atoms with Gasteiger partial charge in [-0.3, -0.25) is 0 Å². The van der Waals surface area contributed by atoms with Gasteiger partial charge >= 0.3 is 7.12 Å². The van der Waals surface area contributed by atoms with Crippen LogP contribution in [0.3, 0.4) is 0 Å². The normalized spacial score (nSPS) is 21.1. The second-order valence-electron chi connectivity index (χ2n) is 7.22. The number of hydrogen-bond donors (Lipinski definition) is 0. The van der Waals surface area contributed by atoms with Gasteiger partial charge in [0.2, 0.25) is 0 Å². The topological polar surface area (TPSA) is 18.5 Å². The molecule has 1 fully saturated rings. The molecule has 2 nitrogen and oxygen atoms in total. The van der Waals surface area contributed by atoms with Crippen LogP contribution in [0.15, 0.2) is 12.6 Å². The van der Waals surface area contributed by atoms with Crippen molar-refractivity contribution < 1.29 is 9.31 Å². The summed E-state index contributed by atoms with van der Waals surface area (Å²) in [6.45, 7) is 18.7. The molecule has 1 aliphatic rings. The molecule has 1 aromatic carbocycles. The third-order valence-corrected chi connectivity index (χ3v) is 5.09. The lowest BCUT2D eigenvalue weighted by Gasteiger charge is -2.32. The van der Waals surface area contributed by atoms with E-state index < -0.39 is 0 Å². The van der Waals surface area contributed by atoms with E-state index in [1.165, 1.54) is 16.0 Å². The van der Waals surface area contributed by atoms with E-state index in [0.717, 1.165) is 17.4 Å². The van der Waals surface area contributed by atoms with Gasteiger partial charge in [-0.2, -0.15) is 0 Å². The van der Waals surface area contributed by atoms with Crippen molar-refractivity contribution in [2.45, 2.75) is 66.1 Å². The average molecular weight is 312 g/mol. The Morgan fingerprint density at radius 3 is 2.17 bits per heavy atom. The van der Waals surface area contributed by atoms with Crippen molar-refractivity contribution in [2.24, 2.45) is 0 Å². The summed E-state index contributed by atoms with van der Waals surface area (Å²) in [6, 6.07) is 2.23. The fourth-order valence-corrected chi connectivity index (χ4v) is 3.10. The summed E-state index contributed by atoms with van der Waals surface area (Å²) in [5.74, 6) is 0. The first kappa shape index (κ1) is 18.0. The summed E-state index contributed by atoms with van der Waals surface area (Å²) in [7, 11) is -0.372. The van der Waals surface area contributed by atoms with E-state index in [9.17, 15) is 0 Å². The molecule has 0 bridgehead atoms. The molecule has 0 saturated carbocycles. The van der Waals surface area contributed by atoms with Crippen LogP contribution in [0.2, 0.25) is 0 Å². The first-order valence-electron chi connectivity index (χ1n) is 8.46. The van der Waals surface area contributed by atoms with E-state index in [4.69, 9.17) is 9.31 Å². The van der Waals surface area contributed by atoms with Gasteiger partial charge in [0.05, 0.1) is 11.2 Å². The van der Waals surface area contributed by atoms with E-state index in [1.54, 1.807) is 0 Å². The quantitative estimate of drug-likeness (QED) is 0.799. The van der Waals surface area contributed by atoms with Gasteiger partial charge in [0, 0.05) is 0 Å². The fraction of sp³-hybridized carbons (Fsp3) is 0.500. The molecule has 0 spiro atoms. The Labute approximate surface area is 141 Å². The number of rotatable bonds is 3. The Morgan fingerprint density at radius 1 is 1.17 bits per heavy atom. The molecule has 23 heavy (non-hydrogen) atoms. The first-order valence-corrected chi connectivity index (χ1v) is 8.46. The van der Waals surface area contributed by atoms with E-state index in [0.29, 0.717) is 0 Å². The van der Waals surface area contributed by atoms with Gasteiger partial charge in [-0.1, -0.05) is 37.8 Å². The van der Waals surface area contributed by atoms with Gasteiger partial charge in [0.15, 0.2) is 0 Å². The van der Waals surface area contributed by atoms with Crippen molar-refractivity contribution in [3.63, 3.8) is 0 Å². The van der Waals surface area contributed by atoms with Crippen molar-refractivity contribution in [1.82, 2.24) is 0 Å². The van der Waals surface area contributed by atoms with Crippen LogP contribution in [-0.2, 0) is 9.31 Å². The highest BCUT2D eigenvalue weighted by molar-refractivity contribution is 6.63. The predicted molar refractivity (Wildman–Crippen MR) is 101 cm³/mol. The van der Waals surface area contributed by atoms with E-state index in [1.807, 2.05) is 6.08 Å². The minimum Gasteiger partial charge on any atom is -0.399 e. The van der Waals surface area contributed by atoms with Gasteiger partial charge in [-0.05, 0) is 75.0 Å². The van der Waals surface area contributed by atoms with Crippen molar-refractivity contribution >= 4 is 30.8 Å². The lowest BCUT2D eigenvalue weighted by molar-refractivity contribution is 0.00578. The second-order valence-corrected chi connectivity index (χ2v) is 7.22. The average Bonchev–Trinajstić information content (AvgIpc) is 2.67.